The number of esters is 1. The van der Waals surface area contributed by atoms with Crippen molar-refractivity contribution in [2.75, 3.05) is 6.54 Å². The maximum absolute atomic E-state index is 12.7. The molecule has 1 aromatic heterocycles. The number of aromatic nitrogens is 1. The normalized spacial score (nSPS) is 36.5. The van der Waals surface area contributed by atoms with E-state index in [0.29, 0.717) is 29.0 Å². The second-order valence-corrected chi connectivity index (χ2v) is 7.73. The lowest BCUT2D eigenvalue weighted by Crippen LogP contribution is -2.64. The molecule has 0 spiro atoms. The fourth-order valence-corrected chi connectivity index (χ4v) is 5.10. The van der Waals surface area contributed by atoms with E-state index in [-0.39, 0.29) is 23.9 Å². The van der Waals surface area contributed by atoms with Crippen LogP contribution in [0.2, 0.25) is 0 Å². The van der Waals surface area contributed by atoms with Crippen LogP contribution in [0.3, 0.4) is 0 Å². The third-order valence-corrected chi connectivity index (χ3v) is 6.26. The summed E-state index contributed by atoms with van der Waals surface area (Å²) in [6.07, 6.45) is 5.10. The number of carbonyl (C=O) groups excluding carboxylic acids is 1. The highest BCUT2D eigenvalue weighted by Gasteiger charge is 2.49. The molecule has 2 aromatic rings. The summed E-state index contributed by atoms with van der Waals surface area (Å²) in [5.41, 5.74) is 1.28. The number of rotatable bonds is 2. The second-order valence-electron chi connectivity index (χ2n) is 7.73. The first kappa shape index (κ1) is 15.2. The standard InChI is InChI=1S/C19H22N2O4/c22-13-1-2-17-15(7-13)16(8-20-17)19(24)25-14-5-11-3-10-4-12(6-14)21(11)9-18(10)23/h1-2,7-8,10-12,14,18,20,22-23H,3-6,9H2/t10?,11-,12+,14?,18-/m1/s1. The molecule has 6 nitrogen and oxygen atoms in total. The first-order valence-electron chi connectivity index (χ1n) is 9.03. The van der Waals surface area contributed by atoms with Crippen molar-refractivity contribution in [1.82, 2.24) is 9.88 Å². The monoisotopic (exact) mass is 342 g/mol. The molecule has 4 fully saturated rings. The van der Waals surface area contributed by atoms with Crippen LogP contribution in [0.4, 0.5) is 0 Å². The van der Waals surface area contributed by atoms with Crippen LogP contribution in [0.5, 0.6) is 5.75 Å². The van der Waals surface area contributed by atoms with Gasteiger partial charge in [-0.05, 0) is 37.0 Å². The fourth-order valence-electron chi connectivity index (χ4n) is 5.10. The van der Waals surface area contributed by atoms with Crippen molar-refractivity contribution in [3.63, 3.8) is 0 Å². The summed E-state index contributed by atoms with van der Waals surface area (Å²) in [7, 11) is 0. The van der Waals surface area contributed by atoms with Gasteiger partial charge in [-0.3, -0.25) is 4.90 Å². The number of fused-ring (bicyclic) bond motifs is 2. The summed E-state index contributed by atoms with van der Waals surface area (Å²) in [6.45, 7) is 0.766. The molecule has 132 valence electrons. The zero-order valence-corrected chi connectivity index (χ0v) is 13.9. The van der Waals surface area contributed by atoms with Gasteiger partial charge < -0.3 is 19.9 Å². The van der Waals surface area contributed by atoms with Crippen molar-refractivity contribution >= 4 is 16.9 Å². The highest BCUT2D eigenvalue weighted by molar-refractivity contribution is 6.04. The van der Waals surface area contributed by atoms with E-state index >= 15 is 0 Å². The Bertz CT molecular complexity index is 816. The van der Waals surface area contributed by atoms with Crippen molar-refractivity contribution in [2.45, 2.75) is 50.0 Å². The lowest BCUT2D eigenvalue weighted by Gasteiger charge is -2.56. The average Bonchev–Trinajstić information content (AvgIpc) is 2.98. The number of phenolic OH excluding ortho intramolecular Hbond substituents is 1. The molecular formula is C19H22N2O4. The van der Waals surface area contributed by atoms with Gasteiger partial charge in [0, 0.05) is 48.6 Å². The van der Waals surface area contributed by atoms with Gasteiger partial charge in [0.1, 0.15) is 11.9 Å². The van der Waals surface area contributed by atoms with Gasteiger partial charge in [-0.15, -0.1) is 0 Å². The Hall–Kier alpha value is -2.05. The van der Waals surface area contributed by atoms with Crippen molar-refractivity contribution in [1.29, 1.82) is 0 Å². The van der Waals surface area contributed by atoms with Gasteiger partial charge in [0.05, 0.1) is 11.7 Å². The van der Waals surface area contributed by atoms with Crippen LogP contribution in [0.25, 0.3) is 10.9 Å². The number of aromatic amines is 1. The molecule has 0 aliphatic carbocycles. The number of nitrogens with one attached hydrogen (secondary N) is 1. The largest absolute Gasteiger partial charge is 0.508 e. The summed E-state index contributed by atoms with van der Waals surface area (Å²) in [5.74, 6) is 0.214. The molecule has 4 aliphatic heterocycles. The SMILES string of the molecule is O=C(OC1C[C@@H]2CC3C[C@H](C1)N2C[C@H]3O)c1c[nH]c2ccc(O)cc12. The molecule has 6 rings (SSSR count). The number of aliphatic hydroxyl groups is 1. The molecule has 6 atom stereocenters. The van der Waals surface area contributed by atoms with Gasteiger partial charge in [-0.1, -0.05) is 0 Å². The first-order valence-corrected chi connectivity index (χ1v) is 9.03. The third-order valence-electron chi connectivity index (χ3n) is 6.26. The van der Waals surface area contributed by atoms with E-state index in [9.17, 15) is 15.0 Å². The number of nitrogens with zero attached hydrogens (tertiary/aromatic N) is 1. The Balaban J connectivity index is 1.33. The van der Waals surface area contributed by atoms with E-state index in [2.05, 4.69) is 9.88 Å². The number of piperidine rings is 4. The van der Waals surface area contributed by atoms with E-state index in [0.717, 1.165) is 37.7 Å². The molecule has 25 heavy (non-hydrogen) atoms. The predicted octanol–water partition coefficient (Wildman–Crippen LogP) is 2.02. The maximum atomic E-state index is 12.7. The smallest absolute Gasteiger partial charge is 0.340 e. The Labute approximate surface area is 145 Å². The summed E-state index contributed by atoms with van der Waals surface area (Å²) >= 11 is 0. The Morgan fingerprint density at radius 3 is 2.68 bits per heavy atom. The van der Waals surface area contributed by atoms with Crippen molar-refractivity contribution in [2.24, 2.45) is 5.92 Å². The summed E-state index contributed by atoms with van der Waals surface area (Å²) in [4.78, 5) is 18.1. The van der Waals surface area contributed by atoms with Crippen LogP contribution in [0.1, 0.15) is 36.0 Å². The third kappa shape index (κ3) is 2.43. The van der Waals surface area contributed by atoms with Crippen LogP contribution in [0, 0.1) is 5.92 Å². The number of aliphatic hydroxyl groups excluding tert-OH is 1. The molecule has 0 radical (unpaired) electrons. The molecule has 0 saturated carbocycles. The van der Waals surface area contributed by atoms with E-state index in [1.807, 2.05) is 0 Å². The molecule has 4 saturated heterocycles. The van der Waals surface area contributed by atoms with Gasteiger partial charge >= 0.3 is 5.97 Å². The zero-order chi connectivity index (χ0) is 17.1. The number of benzene rings is 1. The van der Waals surface area contributed by atoms with Crippen molar-refractivity contribution in [3.05, 3.63) is 30.0 Å². The Kier molecular flexibility index (Phi) is 3.33. The minimum atomic E-state index is -0.331. The predicted molar refractivity (Wildman–Crippen MR) is 91.4 cm³/mol. The average molecular weight is 342 g/mol. The quantitative estimate of drug-likeness (QED) is 0.727. The molecular weight excluding hydrogens is 320 g/mol. The highest BCUT2D eigenvalue weighted by atomic mass is 16.5. The highest BCUT2D eigenvalue weighted by Crippen LogP contribution is 2.43. The number of phenols is 1. The molecule has 3 N–H and O–H groups in total. The summed E-state index contributed by atoms with van der Waals surface area (Å²) in [5, 5.41) is 20.4. The van der Waals surface area contributed by atoms with Crippen LogP contribution < -0.4 is 0 Å². The number of H-pyrrole nitrogens is 1. The number of carbonyl (C=O) groups is 1. The number of aromatic hydroxyl groups is 1. The fraction of sp³-hybridized carbons (Fsp3) is 0.526. The van der Waals surface area contributed by atoms with E-state index in [4.69, 9.17) is 4.74 Å². The van der Waals surface area contributed by atoms with Crippen LogP contribution in [0.15, 0.2) is 24.4 Å². The second kappa shape index (κ2) is 5.47. The molecule has 0 amide bonds. The Morgan fingerprint density at radius 2 is 1.96 bits per heavy atom. The zero-order valence-electron chi connectivity index (χ0n) is 13.9. The number of ether oxygens (including phenoxy) is 1. The maximum Gasteiger partial charge on any atom is 0.340 e. The van der Waals surface area contributed by atoms with Crippen LogP contribution in [-0.2, 0) is 4.74 Å². The molecule has 1 aromatic carbocycles. The van der Waals surface area contributed by atoms with Crippen LogP contribution in [-0.4, -0.2) is 56.9 Å². The minimum Gasteiger partial charge on any atom is -0.508 e. The van der Waals surface area contributed by atoms with Gasteiger partial charge in [-0.25, -0.2) is 4.79 Å². The molecule has 3 unspecified atom stereocenters. The van der Waals surface area contributed by atoms with Gasteiger partial charge in [0.2, 0.25) is 0 Å². The topological polar surface area (TPSA) is 85.8 Å². The molecule has 6 heteroatoms. The van der Waals surface area contributed by atoms with Crippen molar-refractivity contribution < 1.29 is 19.7 Å². The minimum absolute atomic E-state index is 0.0720. The summed E-state index contributed by atoms with van der Waals surface area (Å²) in [6, 6.07) is 5.77. The van der Waals surface area contributed by atoms with E-state index < -0.39 is 0 Å². The lowest BCUT2D eigenvalue weighted by atomic mass is 9.71. The molecule has 4 aliphatic rings. The number of hydrogen-bond acceptors (Lipinski definition) is 5. The van der Waals surface area contributed by atoms with Gasteiger partial charge in [-0.2, -0.15) is 0 Å². The molecule has 5 heterocycles. The Morgan fingerprint density at radius 1 is 1.20 bits per heavy atom. The van der Waals surface area contributed by atoms with Gasteiger partial charge in [0.25, 0.3) is 0 Å². The van der Waals surface area contributed by atoms with E-state index in [1.54, 1.807) is 24.4 Å². The lowest BCUT2D eigenvalue weighted by molar-refractivity contribution is -0.130. The van der Waals surface area contributed by atoms with E-state index in [1.165, 1.54) is 0 Å². The molecule has 4 bridgehead atoms. The first-order chi connectivity index (χ1) is 12.1. The van der Waals surface area contributed by atoms with Gasteiger partial charge in [0.15, 0.2) is 0 Å². The van der Waals surface area contributed by atoms with Crippen molar-refractivity contribution in [3.8, 4) is 5.75 Å². The summed E-state index contributed by atoms with van der Waals surface area (Å²) < 4.78 is 5.82. The van der Waals surface area contributed by atoms with Crippen LogP contribution >= 0.6 is 0 Å². The number of hydrogen-bond donors (Lipinski definition) is 3.